The minimum absolute atomic E-state index is 0.0906. The van der Waals surface area contributed by atoms with Crippen LogP contribution in [0.25, 0.3) is 0 Å². The average molecular weight is 258 g/mol. The molecule has 1 rings (SSSR count). The first-order valence-electron chi connectivity index (χ1n) is 5.27. The van der Waals surface area contributed by atoms with Crippen molar-refractivity contribution in [3.63, 3.8) is 0 Å². The van der Waals surface area contributed by atoms with E-state index in [4.69, 9.17) is 17.3 Å². The van der Waals surface area contributed by atoms with Crippen LogP contribution in [0, 0.1) is 0 Å². The zero-order valence-electron chi connectivity index (χ0n) is 9.83. The van der Waals surface area contributed by atoms with Crippen molar-refractivity contribution in [3.05, 3.63) is 23.0 Å². The van der Waals surface area contributed by atoms with E-state index < -0.39 is 11.5 Å². The molecule has 0 aliphatic rings. The van der Waals surface area contributed by atoms with Crippen molar-refractivity contribution in [2.45, 2.75) is 25.9 Å². The molecule has 94 valence electrons. The third kappa shape index (κ3) is 3.87. The van der Waals surface area contributed by atoms with E-state index in [0.29, 0.717) is 12.1 Å². The fraction of sp³-hybridized carbons (Fsp3) is 0.455. The molecule has 17 heavy (non-hydrogen) atoms. The number of nitrogens with zero attached hydrogens (tertiary/aromatic N) is 1. The molecule has 0 bridgehead atoms. The van der Waals surface area contributed by atoms with Gasteiger partial charge in [0.25, 0.3) is 5.91 Å². The number of carbonyl (C=O) groups excluding carboxylic acids is 1. The Morgan fingerprint density at radius 2 is 2.35 bits per heavy atom. The van der Waals surface area contributed by atoms with E-state index >= 15 is 0 Å². The summed E-state index contributed by atoms with van der Waals surface area (Å²) >= 11 is 5.78. The van der Waals surface area contributed by atoms with Gasteiger partial charge in [-0.25, -0.2) is 4.98 Å². The molecule has 0 fully saturated rings. The Hall–Kier alpha value is -1.33. The summed E-state index contributed by atoms with van der Waals surface area (Å²) in [6.45, 7) is 3.63. The topological polar surface area (TPSA) is 88.2 Å². The molecule has 0 spiro atoms. The predicted molar refractivity (Wildman–Crippen MR) is 66.9 cm³/mol. The number of amides is 1. The minimum Gasteiger partial charge on any atom is -0.397 e. The van der Waals surface area contributed by atoms with Gasteiger partial charge in [0, 0.05) is 6.54 Å². The Labute approximate surface area is 105 Å². The summed E-state index contributed by atoms with van der Waals surface area (Å²) in [6.07, 6.45) is 1.91. The summed E-state index contributed by atoms with van der Waals surface area (Å²) in [7, 11) is 0. The number of hydrogen-bond acceptors (Lipinski definition) is 4. The lowest BCUT2D eigenvalue weighted by molar-refractivity contribution is 0.0518. The molecule has 0 aliphatic carbocycles. The van der Waals surface area contributed by atoms with Crippen LogP contribution in [-0.4, -0.2) is 28.1 Å². The number of anilines is 1. The van der Waals surface area contributed by atoms with E-state index in [1.54, 1.807) is 6.92 Å². The van der Waals surface area contributed by atoms with Crippen molar-refractivity contribution in [1.29, 1.82) is 0 Å². The zero-order chi connectivity index (χ0) is 13.1. The highest BCUT2D eigenvalue weighted by Crippen LogP contribution is 2.15. The number of pyridine rings is 1. The molecule has 1 aromatic heterocycles. The molecule has 1 aromatic rings. The highest BCUT2D eigenvalue weighted by Gasteiger charge is 2.20. The monoisotopic (exact) mass is 257 g/mol. The maximum absolute atomic E-state index is 11.8. The summed E-state index contributed by atoms with van der Waals surface area (Å²) < 4.78 is 0. The van der Waals surface area contributed by atoms with E-state index in [-0.39, 0.29) is 17.3 Å². The molecule has 1 heterocycles. The first-order chi connectivity index (χ1) is 7.85. The number of halogens is 1. The molecular formula is C11H16ClN3O2. The van der Waals surface area contributed by atoms with Gasteiger partial charge in [0.2, 0.25) is 0 Å². The fourth-order valence-electron chi connectivity index (χ4n) is 1.11. The Kier molecular flexibility index (Phi) is 4.31. The van der Waals surface area contributed by atoms with Gasteiger partial charge < -0.3 is 16.2 Å². The molecule has 0 saturated carbocycles. The quantitative estimate of drug-likeness (QED) is 0.708. The van der Waals surface area contributed by atoms with Crippen LogP contribution in [0.1, 0.15) is 30.6 Å². The SMILES string of the molecule is CCC(C)(O)CNC(=O)c1cc(N)cnc1Cl. The van der Waals surface area contributed by atoms with Crippen LogP contribution < -0.4 is 11.1 Å². The third-order valence-electron chi connectivity index (χ3n) is 2.50. The number of rotatable bonds is 4. The van der Waals surface area contributed by atoms with Gasteiger partial charge in [0.1, 0.15) is 5.15 Å². The highest BCUT2D eigenvalue weighted by molar-refractivity contribution is 6.32. The lowest BCUT2D eigenvalue weighted by Crippen LogP contribution is -2.40. The maximum Gasteiger partial charge on any atom is 0.254 e. The number of aromatic nitrogens is 1. The molecule has 0 aromatic carbocycles. The van der Waals surface area contributed by atoms with Crippen LogP contribution in [0.5, 0.6) is 0 Å². The Morgan fingerprint density at radius 3 is 2.94 bits per heavy atom. The molecule has 1 amide bonds. The van der Waals surface area contributed by atoms with Crippen LogP contribution in [0.3, 0.4) is 0 Å². The van der Waals surface area contributed by atoms with Gasteiger partial charge in [0.15, 0.2) is 0 Å². The normalized spacial score (nSPS) is 14.1. The summed E-state index contributed by atoms with van der Waals surface area (Å²) in [5, 5.41) is 12.4. The number of carbonyl (C=O) groups is 1. The predicted octanol–water partition coefficient (Wildman–Crippen LogP) is 1.21. The van der Waals surface area contributed by atoms with Crippen molar-refractivity contribution >= 4 is 23.2 Å². The number of nitrogen functional groups attached to an aromatic ring is 1. The molecule has 6 heteroatoms. The van der Waals surface area contributed by atoms with Gasteiger partial charge in [0.05, 0.1) is 23.0 Å². The first kappa shape index (κ1) is 13.7. The minimum atomic E-state index is -0.935. The lowest BCUT2D eigenvalue weighted by Gasteiger charge is -2.21. The summed E-state index contributed by atoms with van der Waals surface area (Å²) in [4.78, 5) is 15.6. The van der Waals surface area contributed by atoms with Gasteiger partial charge >= 0.3 is 0 Å². The molecule has 0 aliphatic heterocycles. The molecule has 5 nitrogen and oxygen atoms in total. The molecular weight excluding hydrogens is 242 g/mol. The Bertz CT molecular complexity index is 421. The molecule has 0 radical (unpaired) electrons. The second-order valence-corrected chi connectivity index (χ2v) is 4.50. The Balaban J connectivity index is 2.74. The van der Waals surface area contributed by atoms with Crippen molar-refractivity contribution in [1.82, 2.24) is 10.3 Å². The van der Waals surface area contributed by atoms with E-state index in [2.05, 4.69) is 10.3 Å². The number of nitrogens with two attached hydrogens (primary N) is 1. The van der Waals surface area contributed by atoms with E-state index in [9.17, 15) is 9.90 Å². The maximum atomic E-state index is 11.8. The van der Waals surface area contributed by atoms with Crippen molar-refractivity contribution in [3.8, 4) is 0 Å². The van der Waals surface area contributed by atoms with Crippen LogP contribution >= 0.6 is 11.6 Å². The van der Waals surface area contributed by atoms with Crippen molar-refractivity contribution in [2.24, 2.45) is 0 Å². The van der Waals surface area contributed by atoms with Crippen LogP contribution in [0.4, 0.5) is 5.69 Å². The molecule has 1 unspecified atom stereocenters. The standard InChI is InChI=1S/C11H16ClN3O2/c1-3-11(2,17)6-15-10(16)8-4-7(13)5-14-9(8)12/h4-5,17H,3,6,13H2,1-2H3,(H,15,16). The van der Waals surface area contributed by atoms with Crippen LogP contribution in [0.2, 0.25) is 5.15 Å². The van der Waals surface area contributed by atoms with Gasteiger partial charge in [-0.1, -0.05) is 18.5 Å². The molecule has 1 atom stereocenters. The van der Waals surface area contributed by atoms with Crippen molar-refractivity contribution in [2.75, 3.05) is 12.3 Å². The Morgan fingerprint density at radius 1 is 1.71 bits per heavy atom. The third-order valence-corrected chi connectivity index (χ3v) is 2.80. The summed E-state index contributed by atoms with van der Waals surface area (Å²) in [5.41, 5.74) is 5.16. The number of hydrogen-bond donors (Lipinski definition) is 3. The van der Waals surface area contributed by atoms with Gasteiger partial charge in [-0.3, -0.25) is 4.79 Å². The number of aliphatic hydroxyl groups is 1. The number of nitrogens with one attached hydrogen (secondary N) is 1. The lowest BCUT2D eigenvalue weighted by atomic mass is 10.0. The van der Waals surface area contributed by atoms with Crippen LogP contribution in [-0.2, 0) is 0 Å². The summed E-state index contributed by atoms with van der Waals surface area (Å²) in [6, 6.07) is 1.45. The largest absolute Gasteiger partial charge is 0.397 e. The van der Waals surface area contributed by atoms with Gasteiger partial charge in [-0.05, 0) is 19.4 Å². The smallest absolute Gasteiger partial charge is 0.254 e. The van der Waals surface area contributed by atoms with E-state index in [1.807, 2.05) is 6.92 Å². The molecule has 0 saturated heterocycles. The average Bonchev–Trinajstić information content (AvgIpc) is 2.29. The molecule has 4 N–H and O–H groups in total. The van der Waals surface area contributed by atoms with Gasteiger partial charge in [-0.2, -0.15) is 0 Å². The van der Waals surface area contributed by atoms with E-state index in [0.717, 1.165) is 0 Å². The van der Waals surface area contributed by atoms with Crippen molar-refractivity contribution < 1.29 is 9.90 Å². The van der Waals surface area contributed by atoms with E-state index in [1.165, 1.54) is 12.3 Å². The summed E-state index contributed by atoms with van der Waals surface area (Å²) in [5.74, 6) is -0.400. The van der Waals surface area contributed by atoms with Gasteiger partial charge in [-0.15, -0.1) is 0 Å². The first-order valence-corrected chi connectivity index (χ1v) is 5.65. The fourth-order valence-corrected chi connectivity index (χ4v) is 1.30. The highest BCUT2D eigenvalue weighted by atomic mass is 35.5. The second-order valence-electron chi connectivity index (χ2n) is 4.14. The zero-order valence-corrected chi connectivity index (χ0v) is 10.6. The van der Waals surface area contributed by atoms with Crippen LogP contribution in [0.15, 0.2) is 12.3 Å². The second kappa shape index (κ2) is 5.33.